The van der Waals surface area contributed by atoms with Crippen molar-refractivity contribution in [2.75, 3.05) is 11.1 Å². The largest absolute Gasteiger partial charge is 0.399 e. The Kier molecular flexibility index (Phi) is 3.41. The average Bonchev–Trinajstić information content (AvgIpc) is 2.23. The van der Waals surface area contributed by atoms with Crippen LogP contribution in [-0.4, -0.2) is 0 Å². The number of nitrogens with one attached hydrogen (secondary N) is 1. The minimum Gasteiger partial charge on any atom is -0.399 e. The lowest BCUT2D eigenvalue weighted by Crippen LogP contribution is -1.94. The molecule has 0 spiro atoms. The molecule has 0 radical (unpaired) electrons. The zero-order chi connectivity index (χ0) is 12.4. The van der Waals surface area contributed by atoms with Crippen molar-refractivity contribution in [3.8, 4) is 0 Å². The molecule has 17 heavy (non-hydrogen) atoms. The molecule has 2 rings (SSSR count). The lowest BCUT2D eigenvalue weighted by Gasteiger charge is -2.11. The molecule has 88 valence electrons. The van der Waals surface area contributed by atoms with Crippen LogP contribution < -0.4 is 11.1 Å². The molecule has 0 unspecified atom stereocenters. The van der Waals surface area contributed by atoms with Crippen molar-refractivity contribution in [3.63, 3.8) is 0 Å². The maximum Gasteiger partial charge on any atom is 0.126 e. The van der Waals surface area contributed by atoms with Crippen LogP contribution >= 0.6 is 23.2 Å². The van der Waals surface area contributed by atoms with Crippen LogP contribution in [0.25, 0.3) is 0 Å². The van der Waals surface area contributed by atoms with Gasteiger partial charge in [0, 0.05) is 11.4 Å². The molecule has 0 bridgehead atoms. The molecule has 0 amide bonds. The van der Waals surface area contributed by atoms with Crippen LogP contribution in [0.1, 0.15) is 0 Å². The highest BCUT2D eigenvalue weighted by Gasteiger charge is 2.08. The van der Waals surface area contributed by atoms with Gasteiger partial charge in [0.05, 0.1) is 15.7 Å². The summed E-state index contributed by atoms with van der Waals surface area (Å²) in [5, 5.41) is 3.44. The van der Waals surface area contributed by atoms with Crippen molar-refractivity contribution in [1.82, 2.24) is 0 Å². The highest BCUT2D eigenvalue weighted by molar-refractivity contribution is 6.39. The third-order valence-electron chi connectivity index (χ3n) is 2.16. The van der Waals surface area contributed by atoms with E-state index in [0.29, 0.717) is 11.4 Å². The summed E-state index contributed by atoms with van der Waals surface area (Å²) in [7, 11) is 0. The summed E-state index contributed by atoms with van der Waals surface area (Å²) in [5.41, 5.74) is 7.46. The molecular weight excluding hydrogens is 262 g/mol. The second kappa shape index (κ2) is 4.82. The minimum absolute atomic E-state index is 0.220. The maximum atomic E-state index is 13.0. The maximum absolute atomic E-state index is 13.0. The molecule has 0 saturated carbocycles. The zero-order valence-electron chi connectivity index (χ0n) is 8.68. The number of nitrogen functional groups attached to an aromatic ring is 1. The first-order valence-corrected chi connectivity index (χ1v) is 5.59. The molecule has 0 aromatic heterocycles. The molecule has 0 saturated heterocycles. The second-order valence-electron chi connectivity index (χ2n) is 3.49. The quantitative estimate of drug-likeness (QED) is 0.791. The average molecular weight is 271 g/mol. The van der Waals surface area contributed by atoms with E-state index >= 15 is 0 Å². The molecule has 2 aromatic rings. The molecule has 0 heterocycles. The molecule has 3 N–H and O–H groups in total. The highest BCUT2D eigenvalue weighted by atomic mass is 35.5. The van der Waals surface area contributed by atoms with Crippen LogP contribution in [0.5, 0.6) is 0 Å². The Labute approximate surface area is 108 Å². The normalized spacial score (nSPS) is 10.3. The highest BCUT2D eigenvalue weighted by Crippen LogP contribution is 2.33. The molecule has 0 aliphatic heterocycles. The number of halogens is 3. The van der Waals surface area contributed by atoms with E-state index in [4.69, 9.17) is 28.9 Å². The lowest BCUT2D eigenvalue weighted by atomic mass is 10.2. The third kappa shape index (κ3) is 2.81. The third-order valence-corrected chi connectivity index (χ3v) is 2.76. The Bertz CT molecular complexity index is 535. The Morgan fingerprint density at radius 2 is 1.71 bits per heavy atom. The van der Waals surface area contributed by atoms with Gasteiger partial charge in [0.25, 0.3) is 0 Å². The van der Waals surface area contributed by atoms with Crippen molar-refractivity contribution in [2.24, 2.45) is 0 Å². The Morgan fingerprint density at radius 1 is 1.06 bits per heavy atom. The predicted molar refractivity (Wildman–Crippen MR) is 70.6 cm³/mol. The van der Waals surface area contributed by atoms with Gasteiger partial charge < -0.3 is 11.1 Å². The summed E-state index contributed by atoms with van der Waals surface area (Å²) in [6, 6.07) is 9.49. The van der Waals surface area contributed by atoms with Crippen LogP contribution in [0.4, 0.5) is 21.5 Å². The van der Waals surface area contributed by atoms with Gasteiger partial charge in [-0.1, -0.05) is 29.3 Å². The van der Waals surface area contributed by atoms with Gasteiger partial charge in [0.1, 0.15) is 5.82 Å². The first kappa shape index (κ1) is 12.0. The smallest absolute Gasteiger partial charge is 0.126 e. The van der Waals surface area contributed by atoms with Crippen molar-refractivity contribution in [3.05, 3.63) is 52.3 Å². The number of nitrogens with two attached hydrogens (primary N) is 1. The van der Waals surface area contributed by atoms with Gasteiger partial charge in [-0.15, -0.1) is 0 Å². The summed E-state index contributed by atoms with van der Waals surface area (Å²) in [6.07, 6.45) is 0. The van der Waals surface area contributed by atoms with Crippen molar-refractivity contribution < 1.29 is 4.39 Å². The van der Waals surface area contributed by atoms with E-state index in [1.807, 2.05) is 6.07 Å². The van der Waals surface area contributed by atoms with E-state index in [0.717, 1.165) is 5.69 Å². The first-order valence-electron chi connectivity index (χ1n) is 4.83. The standard InChI is InChI=1S/C12H9Cl2FN2/c13-10-4-7(15)5-11(14)12(10)17-9-3-1-2-8(16)6-9/h1-6,17H,16H2. The van der Waals surface area contributed by atoms with Crippen LogP contribution in [0.2, 0.25) is 10.0 Å². The van der Waals surface area contributed by atoms with Crippen LogP contribution in [0.3, 0.4) is 0 Å². The Balaban J connectivity index is 2.36. The zero-order valence-corrected chi connectivity index (χ0v) is 10.2. The monoisotopic (exact) mass is 270 g/mol. The Hall–Kier alpha value is -1.45. The van der Waals surface area contributed by atoms with Crippen LogP contribution in [0.15, 0.2) is 36.4 Å². The number of anilines is 3. The van der Waals surface area contributed by atoms with Gasteiger partial charge >= 0.3 is 0 Å². The number of hydrogen-bond donors (Lipinski definition) is 2. The lowest BCUT2D eigenvalue weighted by molar-refractivity contribution is 0.628. The Morgan fingerprint density at radius 3 is 2.29 bits per heavy atom. The number of rotatable bonds is 2. The fraction of sp³-hybridized carbons (Fsp3) is 0. The fourth-order valence-electron chi connectivity index (χ4n) is 1.42. The van der Waals surface area contributed by atoms with Gasteiger partial charge in [0.15, 0.2) is 0 Å². The van der Waals surface area contributed by atoms with Crippen molar-refractivity contribution >= 4 is 40.3 Å². The summed E-state index contributed by atoms with van der Waals surface area (Å²) < 4.78 is 13.0. The molecule has 0 aliphatic carbocycles. The second-order valence-corrected chi connectivity index (χ2v) is 4.31. The minimum atomic E-state index is -0.474. The molecule has 0 atom stereocenters. The van der Waals surface area contributed by atoms with Crippen LogP contribution in [-0.2, 0) is 0 Å². The van der Waals surface area contributed by atoms with Gasteiger partial charge in [0.2, 0.25) is 0 Å². The molecule has 2 nitrogen and oxygen atoms in total. The predicted octanol–water partition coefficient (Wildman–Crippen LogP) is 4.46. The van der Waals surface area contributed by atoms with Gasteiger partial charge in [-0.05, 0) is 30.3 Å². The van der Waals surface area contributed by atoms with Crippen molar-refractivity contribution in [1.29, 1.82) is 0 Å². The van der Waals surface area contributed by atoms with Gasteiger partial charge in [-0.2, -0.15) is 0 Å². The summed E-state index contributed by atoms with van der Waals surface area (Å²) in [5.74, 6) is -0.474. The van der Waals surface area contributed by atoms with Gasteiger partial charge in [-0.3, -0.25) is 0 Å². The summed E-state index contributed by atoms with van der Waals surface area (Å²) in [4.78, 5) is 0. The molecule has 5 heteroatoms. The van der Waals surface area contributed by atoms with E-state index in [1.54, 1.807) is 18.2 Å². The van der Waals surface area contributed by atoms with E-state index < -0.39 is 5.82 Å². The van der Waals surface area contributed by atoms with E-state index in [-0.39, 0.29) is 10.0 Å². The topological polar surface area (TPSA) is 38.0 Å². The molecule has 2 aromatic carbocycles. The SMILES string of the molecule is Nc1cccc(Nc2c(Cl)cc(F)cc2Cl)c1. The van der Waals surface area contributed by atoms with E-state index in [2.05, 4.69) is 5.32 Å². The fourth-order valence-corrected chi connectivity index (χ4v) is 1.98. The number of benzene rings is 2. The first-order chi connectivity index (χ1) is 8.06. The van der Waals surface area contributed by atoms with Crippen molar-refractivity contribution in [2.45, 2.75) is 0 Å². The molecule has 0 aliphatic rings. The van der Waals surface area contributed by atoms with E-state index in [1.165, 1.54) is 12.1 Å². The summed E-state index contributed by atoms with van der Waals surface area (Å²) in [6.45, 7) is 0. The number of hydrogen-bond acceptors (Lipinski definition) is 2. The molecular formula is C12H9Cl2FN2. The van der Waals surface area contributed by atoms with Gasteiger partial charge in [-0.25, -0.2) is 4.39 Å². The summed E-state index contributed by atoms with van der Waals surface area (Å²) >= 11 is 11.8. The molecule has 0 fully saturated rings. The van der Waals surface area contributed by atoms with E-state index in [9.17, 15) is 4.39 Å². The van der Waals surface area contributed by atoms with Crippen LogP contribution in [0, 0.1) is 5.82 Å².